The molecule has 0 amide bonds. The zero-order valence-corrected chi connectivity index (χ0v) is 11.7. The number of benzene rings is 1. The first kappa shape index (κ1) is 12.6. The molecule has 5 heteroatoms. The zero-order chi connectivity index (χ0) is 13.2. The van der Waals surface area contributed by atoms with E-state index in [1.807, 2.05) is 12.1 Å². The van der Waals surface area contributed by atoms with Crippen molar-refractivity contribution >= 4 is 11.5 Å². The van der Waals surface area contributed by atoms with Gasteiger partial charge >= 0.3 is 0 Å². The van der Waals surface area contributed by atoms with E-state index in [9.17, 15) is 0 Å². The van der Waals surface area contributed by atoms with Crippen LogP contribution in [0.15, 0.2) is 18.2 Å². The monoisotopic (exact) mass is 275 g/mol. The fourth-order valence-corrected chi connectivity index (χ4v) is 3.14. The molecule has 1 unspecified atom stereocenters. The average molecular weight is 275 g/mol. The second-order valence-corrected chi connectivity index (χ2v) is 5.56. The Hall–Kier alpha value is -1.46. The lowest BCUT2D eigenvalue weighted by atomic mass is 10.0. The van der Waals surface area contributed by atoms with Crippen molar-refractivity contribution in [3.05, 3.63) is 39.9 Å². The molecule has 0 saturated heterocycles. The fourth-order valence-electron chi connectivity index (χ4n) is 2.41. The van der Waals surface area contributed by atoms with Crippen LogP contribution in [-0.4, -0.2) is 16.2 Å². The van der Waals surface area contributed by atoms with E-state index in [4.69, 9.17) is 10.5 Å². The lowest BCUT2D eigenvalue weighted by molar-refractivity contribution is 0.357. The average Bonchev–Trinajstić information content (AvgIpc) is 3.05. The predicted octanol–water partition coefficient (Wildman–Crippen LogP) is 2.47. The van der Waals surface area contributed by atoms with E-state index in [1.54, 1.807) is 0 Å². The molecule has 19 heavy (non-hydrogen) atoms. The van der Waals surface area contributed by atoms with Crippen LogP contribution in [-0.2, 0) is 12.8 Å². The summed E-state index contributed by atoms with van der Waals surface area (Å²) in [6.07, 6.45) is 2.97. The third-order valence-electron chi connectivity index (χ3n) is 3.43. The Morgan fingerprint density at radius 3 is 3.21 bits per heavy atom. The molecule has 100 valence electrons. The highest BCUT2D eigenvalue weighted by molar-refractivity contribution is 7.05. The van der Waals surface area contributed by atoms with Crippen LogP contribution in [0.2, 0.25) is 0 Å². The Morgan fingerprint density at radius 2 is 2.37 bits per heavy atom. The fraction of sp³-hybridized carbons (Fsp3) is 0.429. The molecule has 0 aliphatic carbocycles. The van der Waals surface area contributed by atoms with Gasteiger partial charge in [0, 0.05) is 6.42 Å². The van der Waals surface area contributed by atoms with E-state index >= 15 is 0 Å². The molecule has 2 aromatic rings. The van der Waals surface area contributed by atoms with Crippen molar-refractivity contribution in [2.45, 2.75) is 32.2 Å². The SMILES string of the molecule is CCCc1nnsc1C(N)c1ccc2c(c1)CCO2. The highest BCUT2D eigenvalue weighted by Crippen LogP contribution is 2.31. The first-order valence-corrected chi connectivity index (χ1v) is 7.39. The van der Waals surface area contributed by atoms with E-state index in [1.165, 1.54) is 17.1 Å². The van der Waals surface area contributed by atoms with E-state index in [0.29, 0.717) is 0 Å². The Bertz CT molecular complexity index is 582. The van der Waals surface area contributed by atoms with Crippen molar-refractivity contribution in [1.82, 2.24) is 9.59 Å². The van der Waals surface area contributed by atoms with Gasteiger partial charge in [0.2, 0.25) is 0 Å². The number of aryl methyl sites for hydroxylation is 1. The van der Waals surface area contributed by atoms with Gasteiger partial charge in [0.1, 0.15) is 5.75 Å². The molecule has 0 saturated carbocycles. The quantitative estimate of drug-likeness (QED) is 0.931. The van der Waals surface area contributed by atoms with E-state index < -0.39 is 0 Å². The summed E-state index contributed by atoms with van der Waals surface area (Å²) in [5.41, 5.74) is 9.78. The highest BCUT2D eigenvalue weighted by atomic mass is 32.1. The zero-order valence-electron chi connectivity index (χ0n) is 10.9. The maximum absolute atomic E-state index is 6.38. The Labute approximate surface area is 116 Å². The second kappa shape index (κ2) is 5.27. The third kappa shape index (κ3) is 2.35. The maximum atomic E-state index is 6.38. The van der Waals surface area contributed by atoms with Gasteiger partial charge in [-0.2, -0.15) is 0 Å². The van der Waals surface area contributed by atoms with Crippen molar-refractivity contribution in [2.24, 2.45) is 5.73 Å². The predicted molar refractivity (Wildman–Crippen MR) is 75.6 cm³/mol. The normalized spacial score (nSPS) is 15.1. The molecule has 3 rings (SSSR count). The number of hydrogen-bond donors (Lipinski definition) is 1. The lowest BCUT2D eigenvalue weighted by Gasteiger charge is -2.12. The first-order valence-electron chi connectivity index (χ1n) is 6.62. The van der Waals surface area contributed by atoms with Crippen molar-refractivity contribution in [3.63, 3.8) is 0 Å². The summed E-state index contributed by atoms with van der Waals surface area (Å²) in [5.74, 6) is 0.993. The molecule has 1 aromatic heterocycles. The maximum Gasteiger partial charge on any atom is 0.122 e. The number of hydrogen-bond acceptors (Lipinski definition) is 5. The van der Waals surface area contributed by atoms with Crippen molar-refractivity contribution in [2.75, 3.05) is 6.61 Å². The summed E-state index contributed by atoms with van der Waals surface area (Å²) in [4.78, 5) is 1.08. The van der Waals surface area contributed by atoms with Crippen LogP contribution in [0.5, 0.6) is 5.75 Å². The minimum Gasteiger partial charge on any atom is -0.493 e. The Morgan fingerprint density at radius 1 is 1.47 bits per heavy atom. The van der Waals surface area contributed by atoms with Gasteiger partial charge in [0.05, 0.1) is 23.2 Å². The van der Waals surface area contributed by atoms with Gasteiger partial charge in [0.15, 0.2) is 0 Å². The van der Waals surface area contributed by atoms with Crippen molar-refractivity contribution < 1.29 is 4.74 Å². The van der Waals surface area contributed by atoms with Crippen LogP contribution >= 0.6 is 11.5 Å². The Kier molecular flexibility index (Phi) is 3.48. The third-order valence-corrected chi connectivity index (χ3v) is 4.28. The summed E-state index contributed by atoms with van der Waals surface area (Å²) in [5, 5.41) is 4.19. The first-order chi connectivity index (χ1) is 9.29. The molecule has 0 radical (unpaired) electrons. The minimum atomic E-state index is -0.132. The minimum absolute atomic E-state index is 0.132. The molecule has 0 spiro atoms. The van der Waals surface area contributed by atoms with Gasteiger partial charge in [-0.1, -0.05) is 30.0 Å². The molecule has 1 aliphatic rings. The lowest BCUT2D eigenvalue weighted by Crippen LogP contribution is -2.12. The molecular weight excluding hydrogens is 258 g/mol. The topological polar surface area (TPSA) is 61.0 Å². The smallest absolute Gasteiger partial charge is 0.122 e. The summed E-state index contributed by atoms with van der Waals surface area (Å²) >= 11 is 1.41. The van der Waals surface area contributed by atoms with Gasteiger partial charge in [-0.15, -0.1) is 5.10 Å². The molecule has 4 nitrogen and oxygen atoms in total. The summed E-state index contributed by atoms with van der Waals surface area (Å²) in [6, 6.07) is 6.09. The van der Waals surface area contributed by atoms with Crippen molar-refractivity contribution in [3.8, 4) is 5.75 Å². The molecule has 1 aliphatic heterocycles. The highest BCUT2D eigenvalue weighted by Gasteiger charge is 2.19. The number of aromatic nitrogens is 2. The van der Waals surface area contributed by atoms with E-state index in [-0.39, 0.29) is 6.04 Å². The standard InChI is InChI=1S/C14H17N3OS/c1-2-3-11-14(19-17-16-11)13(15)10-4-5-12-9(8-10)6-7-18-12/h4-5,8,13H,2-3,6-7,15H2,1H3. The number of fused-ring (bicyclic) bond motifs is 1. The van der Waals surface area contributed by atoms with Gasteiger partial charge in [-0.3, -0.25) is 0 Å². The summed E-state index contributed by atoms with van der Waals surface area (Å²) in [7, 11) is 0. The van der Waals surface area contributed by atoms with Crippen LogP contribution in [0, 0.1) is 0 Å². The Balaban J connectivity index is 1.90. The van der Waals surface area contributed by atoms with Crippen LogP contribution < -0.4 is 10.5 Å². The van der Waals surface area contributed by atoms with Gasteiger partial charge in [0.25, 0.3) is 0 Å². The largest absolute Gasteiger partial charge is 0.493 e. The van der Waals surface area contributed by atoms with Crippen LogP contribution in [0.3, 0.4) is 0 Å². The number of rotatable bonds is 4. The molecule has 0 fully saturated rings. The summed E-state index contributed by atoms with van der Waals surface area (Å²) < 4.78 is 9.57. The second-order valence-electron chi connectivity index (χ2n) is 4.78. The number of ether oxygens (including phenoxy) is 1. The van der Waals surface area contributed by atoms with Crippen LogP contribution in [0.1, 0.15) is 41.1 Å². The molecule has 0 bridgehead atoms. The molecule has 2 N–H and O–H groups in total. The van der Waals surface area contributed by atoms with E-state index in [0.717, 1.165) is 47.8 Å². The summed E-state index contributed by atoms with van der Waals surface area (Å²) in [6.45, 7) is 2.92. The van der Waals surface area contributed by atoms with Gasteiger partial charge in [-0.25, -0.2) is 0 Å². The molecule has 1 aromatic carbocycles. The molecular formula is C14H17N3OS. The van der Waals surface area contributed by atoms with E-state index in [2.05, 4.69) is 22.6 Å². The number of nitrogens with two attached hydrogens (primary N) is 1. The van der Waals surface area contributed by atoms with Gasteiger partial charge in [-0.05, 0) is 35.1 Å². The van der Waals surface area contributed by atoms with Gasteiger partial charge < -0.3 is 10.5 Å². The molecule has 2 heterocycles. The number of nitrogens with zero attached hydrogens (tertiary/aromatic N) is 2. The van der Waals surface area contributed by atoms with Crippen LogP contribution in [0.25, 0.3) is 0 Å². The van der Waals surface area contributed by atoms with Crippen molar-refractivity contribution in [1.29, 1.82) is 0 Å². The van der Waals surface area contributed by atoms with Crippen LogP contribution in [0.4, 0.5) is 0 Å². The molecule has 1 atom stereocenters.